The van der Waals surface area contributed by atoms with Crippen LogP contribution in [-0.2, 0) is 11.2 Å². The summed E-state index contributed by atoms with van der Waals surface area (Å²) in [4.78, 5) is 15.1. The Morgan fingerprint density at radius 2 is 1.93 bits per heavy atom. The largest absolute Gasteiger partial charge is 0.356 e. The number of piperidine rings is 1. The molecule has 1 amide bonds. The van der Waals surface area contributed by atoms with Gasteiger partial charge >= 0.3 is 0 Å². The van der Waals surface area contributed by atoms with Crippen LogP contribution in [0, 0.1) is 5.82 Å². The van der Waals surface area contributed by atoms with Gasteiger partial charge in [0, 0.05) is 30.5 Å². The summed E-state index contributed by atoms with van der Waals surface area (Å²) in [6.07, 6.45) is 3.63. The van der Waals surface area contributed by atoms with Crippen LogP contribution in [0.25, 0.3) is 11.0 Å². The second kappa shape index (κ2) is 6.48. The van der Waals surface area contributed by atoms with Crippen molar-refractivity contribution in [3.63, 3.8) is 0 Å². The molecule has 27 heavy (non-hydrogen) atoms. The molecule has 0 bridgehead atoms. The summed E-state index contributed by atoms with van der Waals surface area (Å²) in [5, 5.41) is 5.07. The van der Waals surface area contributed by atoms with Gasteiger partial charge in [0.2, 0.25) is 5.91 Å². The number of nitrogens with zero attached hydrogens (tertiary/aromatic N) is 2. The summed E-state index contributed by atoms with van der Waals surface area (Å²) in [6.45, 7) is 1.47. The van der Waals surface area contributed by atoms with Gasteiger partial charge in [0.25, 0.3) is 0 Å². The third-order valence-electron chi connectivity index (χ3n) is 6.09. The molecule has 5 heteroatoms. The summed E-state index contributed by atoms with van der Waals surface area (Å²) in [6, 6.07) is 12.9. The number of aromatic nitrogens is 1. The van der Waals surface area contributed by atoms with E-state index in [0.717, 1.165) is 49.9 Å². The molecule has 1 aliphatic carbocycles. The summed E-state index contributed by atoms with van der Waals surface area (Å²) < 4.78 is 18.7. The van der Waals surface area contributed by atoms with Gasteiger partial charge in [-0.3, -0.25) is 4.79 Å². The Morgan fingerprint density at radius 3 is 2.78 bits per heavy atom. The topological polar surface area (TPSA) is 46.3 Å². The van der Waals surface area contributed by atoms with Crippen LogP contribution in [0.3, 0.4) is 0 Å². The zero-order chi connectivity index (χ0) is 18.4. The van der Waals surface area contributed by atoms with E-state index in [1.54, 1.807) is 6.07 Å². The molecule has 1 aromatic heterocycles. The van der Waals surface area contributed by atoms with Crippen molar-refractivity contribution in [2.75, 3.05) is 13.1 Å². The molecule has 138 valence electrons. The summed E-state index contributed by atoms with van der Waals surface area (Å²) in [7, 11) is 0. The minimum atomic E-state index is -0.317. The van der Waals surface area contributed by atoms with Crippen molar-refractivity contribution in [3.8, 4) is 0 Å². The van der Waals surface area contributed by atoms with Gasteiger partial charge in [0.15, 0.2) is 5.58 Å². The monoisotopic (exact) mass is 364 g/mol. The van der Waals surface area contributed by atoms with Gasteiger partial charge in [-0.1, -0.05) is 29.4 Å². The van der Waals surface area contributed by atoms with Crippen LogP contribution in [0.15, 0.2) is 47.0 Å². The van der Waals surface area contributed by atoms with Gasteiger partial charge in [-0.2, -0.15) is 0 Å². The molecule has 4 nitrogen and oxygen atoms in total. The lowest BCUT2D eigenvalue weighted by molar-refractivity contribution is -0.133. The fraction of sp³-hybridized carbons (Fsp3) is 0.364. The average molecular weight is 364 g/mol. The molecule has 1 aliphatic heterocycles. The molecule has 0 spiro atoms. The first kappa shape index (κ1) is 16.5. The molecule has 1 unspecified atom stereocenters. The van der Waals surface area contributed by atoms with Crippen LogP contribution < -0.4 is 0 Å². The van der Waals surface area contributed by atoms with E-state index < -0.39 is 0 Å². The van der Waals surface area contributed by atoms with Crippen molar-refractivity contribution >= 4 is 16.9 Å². The second-order valence-corrected chi connectivity index (χ2v) is 7.60. The van der Waals surface area contributed by atoms with Gasteiger partial charge in [0.05, 0.1) is 11.6 Å². The highest BCUT2D eigenvalue weighted by molar-refractivity contribution is 5.85. The van der Waals surface area contributed by atoms with Crippen LogP contribution in [0.2, 0.25) is 0 Å². The van der Waals surface area contributed by atoms with E-state index in [1.165, 1.54) is 23.3 Å². The average Bonchev–Trinajstić information content (AvgIpc) is 3.31. The molecule has 0 radical (unpaired) electrons. The van der Waals surface area contributed by atoms with Gasteiger partial charge < -0.3 is 9.42 Å². The minimum absolute atomic E-state index is 0.00797. The number of carbonyl (C=O) groups is 1. The minimum Gasteiger partial charge on any atom is -0.356 e. The lowest BCUT2D eigenvalue weighted by Crippen LogP contribution is -2.40. The van der Waals surface area contributed by atoms with Crippen molar-refractivity contribution in [2.45, 2.75) is 37.5 Å². The SMILES string of the molecule is O=C(C1CCc2ccccc21)N1CCC(c2noc3cc(F)ccc23)CC1. The van der Waals surface area contributed by atoms with Crippen molar-refractivity contribution < 1.29 is 13.7 Å². The molecule has 0 N–H and O–H groups in total. The Kier molecular flexibility index (Phi) is 3.96. The Labute approximate surface area is 156 Å². The Bertz CT molecular complexity index is 1000. The number of hydrogen-bond donors (Lipinski definition) is 0. The molecular weight excluding hydrogens is 343 g/mol. The highest BCUT2D eigenvalue weighted by Crippen LogP contribution is 2.37. The van der Waals surface area contributed by atoms with Gasteiger partial charge in [-0.15, -0.1) is 0 Å². The van der Waals surface area contributed by atoms with Gasteiger partial charge in [0.1, 0.15) is 5.82 Å². The van der Waals surface area contributed by atoms with Crippen LogP contribution >= 0.6 is 0 Å². The maximum Gasteiger partial charge on any atom is 0.230 e. The molecule has 3 aromatic rings. The quantitative estimate of drug-likeness (QED) is 0.677. The van der Waals surface area contributed by atoms with Gasteiger partial charge in [-0.05, 0) is 48.9 Å². The smallest absolute Gasteiger partial charge is 0.230 e. The number of carbonyl (C=O) groups excluding carboxylic acids is 1. The van der Waals surface area contributed by atoms with E-state index in [0.29, 0.717) is 5.58 Å². The third-order valence-corrected chi connectivity index (χ3v) is 6.09. The van der Waals surface area contributed by atoms with Crippen LogP contribution in [0.1, 0.15) is 47.9 Å². The van der Waals surface area contributed by atoms with Crippen molar-refractivity contribution in [1.82, 2.24) is 10.1 Å². The summed E-state index contributed by atoms with van der Waals surface area (Å²) in [5.41, 5.74) is 3.90. The molecule has 2 aromatic carbocycles. The maximum atomic E-state index is 13.3. The van der Waals surface area contributed by atoms with Crippen LogP contribution in [-0.4, -0.2) is 29.1 Å². The molecule has 2 heterocycles. The van der Waals surface area contributed by atoms with Gasteiger partial charge in [-0.25, -0.2) is 4.39 Å². The number of hydrogen-bond acceptors (Lipinski definition) is 3. The number of halogens is 1. The Balaban J connectivity index is 1.29. The number of fused-ring (bicyclic) bond motifs is 2. The molecule has 1 atom stereocenters. The predicted octanol–water partition coefficient (Wildman–Crippen LogP) is 4.40. The van der Waals surface area contributed by atoms with E-state index in [4.69, 9.17) is 4.52 Å². The zero-order valence-electron chi connectivity index (χ0n) is 15.0. The molecule has 2 aliphatic rings. The number of amides is 1. The summed E-state index contributed by atoms with van der Waals surface area (Å²) >= 11 is 0. The first-order valence-corrected chi connectivity index (χ1v) is 9.62. The molecule has 0 saturated carbocycles. The second-order valence-electron chi connectivity index (χ2n) is 7.60. The molecule has 1 saturated heterocycles. The van der Waals surface area contributed by atoms with E-state index in [9.17, 15) is 9.18 Å². The number of aryl methyl sites for hydroxylation is 1. The van der Waals surface area contributed by atoms with E-state index in [1.807, 2.05) is 17.0 Å². The zero-order valence-corrected chi connectivity index (χ0v) is 15.0. The molecule has 5 rings (SSSR count). The van der Waals surface area contributed by atoms with Crippen molar-refractivity contribution in [3.05, 3.63) is 65.1 Å². The predicted molar refractivity (Wildman–Crippen MR) is 100 cm³/mol. The summed E-state index contributed by atoms with van der Waals surface area (Å²) in [5.74, 6) is 0.193. The van der Waals surface area contributed by atoms with E-state index >= 15 is 0 Å². The molecular formula is C22H21FN2O2. The fourth-order valence-corrected chi connectivity index (χ4v) is 4.63. The Morgan fingerprint density at radius 1 is 1.11 bits per heavy atom. The number of likely N-dealkylation sites (tertiary alicyclic amines) is 1. The lowest BCUT2D eigenvalue weighted by atomic mass is 9.90. The molecule has 1 fully saturated rings. The number of rotatable bonds is 2. The first-order chi connectivity index (χ1) is 13.2. The highest BCUT2D eigenvalue weighted by atomic mass is 19.1. The van der Waals surface area contributed by atoms with Crippen molar-refractivity contribution in [2.24, 2.45) is 0 Å². The Hall–Kier alpha value is -2.69. The van der Waals surface area contributed by atoms with Crippen LogP contribution in [0.5, 0.6) is 0 Å². The normalized spacial score (nSPS) is 20.2. The third kappa shape index (κ3) is 2.82. The standard InChI is InChI=1S/C22H21FN2O2/c23-16-6-8-19-20(13-16)27-24-21(19)15-9-11-25(12-10-15)22(26)18-7-5-14-3-1-2-4-17(14)18/h1-4,6,8,13,15,18H,5,7,9-12H2. The highest BCUT2D eigenvalue weighted by Gasteiger charge is 2.34. The van der Waals surface area contributed by atoms with E-state index in [2.05, 4.69) is 17.3 Å². The van der Waals surface area contributed by atoms with Crippen molar-refractivity contribution in [1.29, 1.82) is 0 Å². The van der Waals surface area contributed by atoms with Crippen LogP contribution in [0.4, 0.5) is 4.39 Å². The van der Waals surface area contributed by atoms with E-state index in [-0.39, 0.29) is 23.6 Å². The lowest BCUT2D eigenvalue weighted by Gasteiger charge is -2.33. The first-order valence-electron chi connectivity index (χ1n) is 9.62. The number of benzene rings is 2. The fourth-order valence-electron chi connectivity index (χ4n) is 4.63. The maximum absolute atomic E-state index is 13.3.